The standard InChI is InChI=1S/C23H26N4O4S2/c1-15-20(22(28)24-2)21(27-12-5-13-32-23(27)25-15)16-6-4-7-17(14-16)26-33(29,30)19-10-8-18(31-3)9-11-19/h4,6-11,14,21,26H,5,12-13H2,1-3H3,(H,24,28). The molecule has 0 aliphatic carbocycles. The van der Waals surface area contributed by atoms with Gasteiger partial charge in [-0.1, -0.05) is 23.9 Å². The van der Waals surface area contributed by atoms with Crippen LogP contribution in [0.2, 0.25) is 0 Å². The highest BCUT2D eigenvalue weighted by Crippen LogP contribution is 2.40. The molecule has 8 nitrogen and oxygen atoms in total. The van der Waals surface area contributed by atoms with Crippen molar-refractivity contribution in [1.82, 2.24) is 10.2 Å². The molecule has 1 saturated heterocycles. The molecule has 2 aliphatic rings. The van der Waals surface area contributed by atoms with Gasteiger partial charge < -0.3 is 15.0 Å². The first-order valence-corrected chi connectivity index (χ1v) is 13.0. The van der Waals surface area contributed by atoms with Crippen LogP contribution in [-0.4, -0.2) is 50.8 Å². The lowest BCUT2D eigenvalue weighted by atomic mass is 9.93. The number of carbonyl (C=O) groups is 1. The topological polar surface area (TPSA) is 100 Å². The Hall–Kier alpha value is -2.98. The molecule has 10 heteroatoms. The molecule has 2 aliphatic heterocycles. The zero-order chi connectivity index (χ0) is 23.6. The van der Waals surface area contributed by atoms with Crippen molar-refractivity contribution >= 4 is 38.5 Å². The van der Waals surface area contributed by atoms with E-state index in [0.29, 0.717) is 22.7 Å². The van der Waals surface area contributed by atoms with Gasteiger partial charge in [-0.25, -0.2) is 13.4 Å². The van der Waals surface area contributed by atoms with Crippen LogP contribution in [0.5, 0.6) is 5.75 Å². The minimum atomic E-state index is -3.79. The van der Waals surface area contributed by atoms with E-state index in [2.05, 4.69) is 19.9 Å². The smallest absolute Gasteiger partial charge is 0.261 e. The largest absolute Gasteiger partial charge is 0.497 e. The summed E-state index contributed by atoms with van der Waals surface area (Å²) in [5.41, 5.74) is 2.48. The lowest BCUT2D eigenvalue weighted by Gasteiger charge is -2.40. The summed E-state index contributed by atoms with van der Waals surface area (Å²) in [5.74, 6) is 1.36. The number of amides is 1. The fraction of sp³-hybridized carbons (Fsp3) is 0.304. The van der Waals surface area contributed by atoms with Gasteiger partial charge in [-0.05, 0) is 55.3 Å². The highest BCUT2D eigenvalue weighted by atomic mass is 32.2. The van der Waals surface area contributed by atoms with E-state index in [4.69, 9.17) is 4.74 Å². The molecule has 0 aromatic heterocycles. The number of benzene rings is 2. The van der Waals surface area contributed by atoms with Gasteiger partial charge in [-0.3, -0.25) is 9.52 Å². The first kappa shape index (κ1) is 23.2. The Morgan fingerprint density at radius 1 is 1.21 bits per heavy atom. The number of thioether (sulfide) groups is 1. The van der Waals surface area contributed by atoms with E-state index in [1.54, 1.807) is 49.1 Å². The van der Waals surface area contributed by atoms with Crippen molar-refractivity contribution in [2.75, 3.05) is 31.2 Å². The minimum absolute atomic E-state index is 0.134. The third-order valence-corrected chi connectivity index (χ3v) is 8.03. The number of anilines is 1. The lowest BCUT2D eigenvalue weighted by molar-refractivity contribution is -0.117. The van der Waals surface area contributed by atoms with Crippen molar-refractivity contribution in [2.24, 2.45) is 4.99 Å². The van der Waals surface area contributed by atoms with Crippen molar-refractivity contribution in [1.29, 1.82) is 0 Å². The van der Waals surface area contributed by atoms with E-state index in [0.717, 1.165) is 29.4 Å². The van der Waals surface area contributed by atoms with E-state index in [1.807, 2.05) is 13.0 Å². The van der Waals surface area contributed by atoms with Crippen LogP contribution < -0.4 is 14.8 Å². The zero-order valence-corrected chi connectivity index (χ0v) is 20.3. The number of likely N-dealkylation sites (N-methyl/N-ethyl adjacent to an activating group) is 1. The van der Waals surface area contributed by atoms with Crippen LogP contribution in [0.3, 0.4) is 0 Å². The second-order valence-corrected chi connectivity index (χ2v) is 10.4. The fourth-order valence-corrected chi connectivity index (χ4v) is 6.05. The number of nitrogens with one attached hydrogen (secondary N) is 2. The number of ether oxygens (including phenoxy) is 1. The third kappa shape index (κ3) is 4.72. The Bertz CT molecular complexity index is 1220. The molecule has 2 N–H and O–H groups in total. The van der Waals surface area contributed by atoms with E-state index in [9.17, 15) is 13.2 Å². The number of hydrogen-bond donors (Lipinski definition) is 2. The Morgan fingerprint density at radius 2 is 1.97 bits per heavy atom. The summed E-state index contributed by atoms with van der Waals surface area (Å²) in [6.45, 7) is 2.61. The predicted molar refractivity (Wildman–Crippen MR) is 131 cm³/mol. The van der Waals surface area contributed by atoms with Gasteiger partial charge in [0.15, 0.2) is 5.17 Å². The SMILES string of the molecule is CNC(=O)C1=C(C)N=C2SCCCN2C1c1cccc(NS(=O)(=O)c2ccc(OC)cc2)c1. The Kier molecular flexibility index (Phi) is 6.66. The number of fused-ring (bicyclic) bond motifs is 1. The van der Waals surface area contributed by atoms with Crippen LogP contribution in [0.25, 0.3) is 0 Å². The van der Waals surface area contributed by atoms with Gasteiger partial charge in [0, 0.05) is 25.0 Å². The highest BCUT2D eigenvalue weighted by Gasteiger charge is 2.37. The van der Waals surface area contributed by atoms with E-state index in [1.165, 1.54) is 19.2 Å². The average molecular weight is 487 g/mol. The molecule has 2 aromatic rings. The number of amidine groups is 1. The molecule has 1 atom stereocenters. The van der Waals surface area contributed by atoms with Crippen molar-refractivity contribution in [3.63, 3.8) is 0 Å². The van der Waals surface area contributed by atoms with Gasteiger partial charge in [0.1, 0.15) is 5.75 Å². The molecule has 2 aromatic carbocycles. The molecule has 1 fully saturated rings. The molecule has 0 saturated carbocycles. The summed E-state index contributed by atoms with van der Waals surface area (Å²) in [7, 11) is -0.666. The maximum atomic E-state index is 12.9. The van der Waals surface area contributed by atoms with Gasteiger partial charge in [0.2, 0.25) is 0 Å². The first-order chi connectivity index (χ1) is 15.8. The van der Waals surface area contributed by atoms with Gasteiger partial charge in [0.25, 0.3) is 15.9 Å². The van der Waals surface area contributed by atoms with Crippen molar-refractivity contribution in [3.05, 3.63) is 65.4 Å². The predicted octanol–water partition coefficient (Wildman–Crippen LogP) is 3.37. The second-order valence-electron chi connectivity index (χ2n) is 7.68. The molecule has 2 heterocycles. The normalized spacial score (nSPS) is 18.3. The first-order valence-electron chi connectivity index (χ1n) is 10.5. The van der Waals surface area contributed by atoms with Crippen LogP contribution in [0.4, 0.5) is 5.69 Å². The molecule has 0 bridgehead atoms. The zero-order valence-electron chi connectivity index (χ0n) is 18.7. The molecule has 33 heavy (non-hydrogen) atoms. The summed E-state index contributed by atoms with van der Waals surface area (Å²) in [4.78, 5) is 19.7. The summed E-state index contributed by atoms with van der Waals surface area (Å²) in [6, 6.07) is 13.0. The van der Waals surface area contributed by atoms with E-state index >= 15 is 0 Å². The summed E-state index contributed by atoms with van der Waals surface area (Å²) < 4.78 is 33.6. The minimum Gasteiger partial charge on any atom is -0.497 e. The number of allylic oxidation sites excluding steroid dienone is 1. The maximum Gasteiger partial charge on any atom is 0.261 e. The van der Waals surface area contributed by atoms with E-state index < -0.39 is 10.0 Å². The quantitative estimate of drug-likeness (QED) is 0.650. The third-order valence-electron chi connectivity index (χ3n) is 5.55. The average Bonchev–Trinajstić information content (AvgIpc) is 2.82. The molecule has 0 spiro atoms. The summed E-state index contributed by atoms with van der Waals surface area (Å²) in [5, 5.41) is 3.61. The van der Waals surface area contributed by atoms with E-state index in [-0.39, 0.29) is 16.8 Å². The number of methoxy groups -OCH3 is 1. The van der Waals surface area contributed by atoms with Gasteiger partial charge >= 0.3 is 0 Å². The van der Waals surface area contributed by atoms with Crippen molar-refractivity contribution < 1.29 is 17.9 Å². The van der Waals surface area contributed by atoms with Crippen LogP contribution in [-0.2, 0) is 14.8 Å². The fourth-order valence-electron chi connectivity index (χ4n) is 3.98. The molecule has 0 radical (unpaired) electrons. The molecular weight excluding hydrogens is 460 g/mol. The molecule has 1 unspecified atom stereocenters. The Morgan fingerprint density at radius 3 is 2.67 bits per heavy atom. The van der Waals surface area contributed by atoms with Crippen molar-refractivity contribution in [2.45, 2.75) is 24.3 Å². The monoisotopic (exact) mass is 486 g/mol. The number of carbonyl (C=O) groups excluding carboxylic acids is 1. The number of aliphatic imine (C=N–C) groups is 1. The van der Waals surface area contributed by atoms with Crippen LogP contribution >= 0.6 is 11.8 Å². The van der Waals surface area contributed by atoms with Crippen LogP contribution in [0.1, 0.15) is 24.9 Å². The maximum absolute atomic E-state index is 12.9. The van der Waals surface area contributed by atoms with Crippen molar-refractivity contribution in [3.8, 4) is 5.75 Å². The summed E-state index contributed by atoms with van der Waals surface area (Å²) >= 11 is 1.67. The Labute approximate surface area is 198 Å². The van der Waals surface area contributed by atoms with Gasteiger partial charge in [0.05, 0.1) is 29.3 Å². The number of rotatable bonds is 6. The van der Waals surface area contributed by atoms with Crippen LogP contribution in [0, 0.1) is 0 Å². The van der Waals surface area contributed by atoms with Gasteiger partial charge in [-0.2, -0.15) is 0 Å². The molecule has 4 rings (SSSR count). The molecule has 174 valence electrons. The molecule has 1 amide bonds. The molecular formula is C23H26N4O4S2. The highest BCUT2D eigenvalue weighted by molar-refractivity contribution is 8.13. The second kappa shape index (κ2) is 9.48. The Balaban J connectivity index is 1.69. The van der Waals surface area contributed by atoms with Gasteiger partial charge in [-0.15, -0.1) is 0 Å². The number of hydrogen-bond acceptors (Lipinski definition) is 7. The number of nitrogens with zero attached hydrogens (tertiary/aromatic N) is 2. The summed E-state index contributed by atoms with van der Waals surface area (Å²) in [6.07, 6.45) is 0.976. The van der Waals surface area contributed by atoms with Crippen LogP contribution in [0.15, 0.2) is 69.7 Å². The lowest BCUT2D eigenvalue weighted by Crippen LogP contribution is -2.43. The number of sulfonamides is 1.